The van der Waals surface area contributed by atoms with Crippen molar-refractivity contribution in [3.8, 4) is 11.8 Å². The zero-order valence-electron chi connectivity index (χ0n) is 8.98. The summed E-state index contributed by atoms with van der Waals surface area (Å²) in [7, 11) is 0. The van der Waals surface area contributed by atoms with E-state index in [1.165, 1.54) is 6.92 Å². The van der Waals surface area contributed by atoms with Gasteiger partial charge in [-0.25, -0.2) is 0 Å². The molecule has 18 heavy (non-hydrogen) atoms. The average Bonchev–Trinajstić information content (AvgIpc) is 2.22. The summed E-state index contributed by atoms with van der Waals surface area (Å²) in [5.74, 6) is -2.02. The minimum atomic E-state index is -5.07. The van der Waals surface area contributed by atoms with Crippen LogP contribution in [-0.2, 0) is 6.42 Å². The number of alkyl halides is 3. The summed E-state index contributed by atoms with van der Waals surface area (Å²) < 4.78 is 40.0. The molecule has 0 aliphatic heterocycles. The number of hydrogen-bond acceptors (Lipinski definition) is 5. The van der Waals surface area contributed by atoms with Crippen molar-refractivity contribution >= 4 is 5.82 Å². The van der Waals surface area contributed by atoms with Crippen molar-refractivity contribution in [3.05, 3.63) is 27.4 Å². The summed E-state index contributed by atoms with van der Waals surface area (Å²) in [6, 6.07) is 1.72. The topological polar surface area (TPSA) is 89.0 Å². The third kappa shape index (κ3) is 3.07. The Labute approximate surface area is 98.8 Å². The molecule has 0 aliphatic carbocycles. The summed E-state index contributed by atoms with van der Waals surface area (Å²) in [5.41, 5.74) is 0.0120. The van der Waals surface area contributed by atoms with E-state index in [1.807, 2.05) is 0 Å². The highest BCUT2D eigenvalue weighted by Crippen LogP contribution is 2.34. The molecule has 0 amide bonds. The molecule has 0 saturated heterocycles. The normalized spacial score (nSPS) is 10.8. The number of nitrogens with zero attached hydrogens (tertiary/aromatic N) is 3. The van der Waals surface area contributed by atoms with E-state index in [2.05, 4.69) is 9.72 Å². The Morgan fingerprint density at radius 1 is 1.61 bits per heavy atom. The summed E-state index contributed by atoms with van der Waals surface area (Å²) in [5, 5.41) is 19.0. The zero-order chi connectivity index (χ0) is 13.9. The Bertz CT molecular complexity index is 522. The van der Waals surface area contributed by atoms with Gasteiger partial charge in [-0.05, 0) is 16.8 Å². The molecule has 0 fully saturated rings. The molecular formula is C9H6F3N3O3. The minimum absolute atomic E-state index is 0.129. The fourth-order valence-corrected chi connectivity index (χ4v) is 1.24. The van der Waals surface area contributed by atoms with Crippen molar-refractivity contribution < 1.29 is 22.8 Å². The van der Waals surface area contributed by atoms with Gasteiger partial charge in [0, 0.05) is 11.1 Å². The van der Waals surface area contributed by atoms with Gasteiger partial charge in [-0.15, -0.1) is 13.2 Å². The molecule has 0 aliphatic rings. The number of hydrogen-bond donors (Lipinski definition) is 0. The van der Waals surface area contributed by atoms with Gasteiger partial charge in [-0.3, -0.25) is 0 Å². The highest BCUT2D eigenvalue weighted by molar-refractivity contribution is 5.49. The van der Waals surface area contributed by atoms with Gasteiger partial charge in [0.25, 0.3) is 0 Å². The van der Waals surface area contributed by atoms with Gasteiger partial charge < -0.3 is 14.9 Å². The number of ether oxygens (including phenoxy) is 1. The van der Waals surface area contributed by atoms with Crippen molar-refractivity contribution in [2.75, 3.05) is 0 Å². The summed E-state index contributed by atoms with van der Waals surface area (Å²) in [4.78, 5) is 12.7. The first-order chi connectivity index (χ1) is 8.26. The molecular weight excluding hydrogens is 255 g/mol. The lowest BCUT2D eigenvalue weighted by atomic mass is 10.1. The van der Waals surface area contributed by atoms with E-state index in [0.29, 0.717) is 0 Å². The van der Waals surface area contributed by atoms with Crippen molar-refractivity contribution in [1.82, 2.24) is 4.98 Å². The molecule has 6 nitrogen and oxygen atoms in total. The van der Waals surface area contributed by atoms with Crippen molar-refractivity contribution in [2.24, 2.45) is 0 Å². The average molecular weight is 261 g/mol. The Balaban J connectivity index is 3.37. The van der Waals surface area contributed by atoms with E-state index in [-0.39, 0.29) is 17.5 Å². The first-order valence-corrected chi connectivity index (χ1v) is 4.52. The van der Waals surface area contributed by atoms with Gasteiger partial charge in [0.05, 0.1) is 12.5 Å². The van der Waals surface area contributed by atoms with E-state index >= 15 is 0 Å². The van der Waals surface area contributed by atoms with Gasteiger partial charge in [0.15, 0.2) is 0 Å². The quantitative estimate of drug-likeness (QED) is 0.615. The third-order valence-corrected chi connectivity index (χ3v) is 2.03. The Morgan fingerprint density at radius 2 is 2.22 bits per heavy atom. The predicted octanol–water partition coefficient (Wildman–Crippen LogP) is 2.26. The van der Waals surface area contributed by atoms with Crippen LogP contribution in [0.4, 0.5) is 19.0 Å². The molecule has 0 unspecified atom stereocenters. The second-order valence-corrected chi connectivity index (χ2v) is 3.20. The number of halogens is 3. The van der Waals surface area contributed by atoms with Crippen LogP contribution in [0.15, 0.2) is 6.20 Å². The van der Waals surface area contributed by atoms with Gasteiger partial charge in [0.1, 0.15) is 6.20 Å². The maximum atomic E-state index is 12.1. The Morgan fingerprint density at radius 3 is 2.67 bits per heavy atom. The fraction of sp³-hybridized carbons (Fsp3) is 0.333. The van der Waals surface area contributed by atoms with Crippen LogP contribution in [0.2, 0.25) is 0 Å². The Kier molecular flexibility index (Phi) is 3.70. The molecule has 96 valence electrons. The molecule has 0 bridgehead atoms. The van der Waals surface area contributed by atoms with E-state index in [1.54, 1.807) is 6.07 Å². The lowest BCUT2D eigenvalue weighted by Crippen LogP contribution is -2.19. The molecule has 0 spiro atoms. The van der Waals surface area contributed by atoms with Gasteiger partial charge in [-0.2, -0.15) is 5.26 Å². The number of nitriles is 1. The van der Waals surface area contributed by atoms with Crippen molar-refractivity contribution in [2.45, 2.75) is 19.7 Å². The lowest BCUT2D eigenvalue weighted by molar-refractivity contribution is -0.393. The minimum Gasteiger partial charge on any atom is -0.396 e. The molecule has 1 aromatic heterocycles. The number of nitro groups is 1. The third-order valence-electron chi connectivity index (χ3n) is 2.03. The second kappa shape index (κ2) is 4.87. The Hall–Kier alpha value is -2.37. The molecule has 1 rings (SSSR count). The van der Waals surface area contributed by atoms with Crippen LogP contribution in [0.5, 0.6) is 5.75 Å². The maximum absolute atomic E-state index is 12.1. The maximum Gasteiger partial charge on any atom is 0.573 e. The number of pyridine rings is 1. The standard InChI is InChI=1S/C9H6F3N3O3/c1-5-6(2-3-13)4-14-8(15(16)17)7(5)18-9(10,11)12/h4H,2H2,1H3. The van der Waals surface area contributed by atoms with Crippen LogP contribution in [-0.4, -0.2) is 16.3 Å². The van der Waals surface area contributed by atoms with Crippen LogP contribution in [0.1, 0.15) is 11.1 Å². The van der Waals surface area contributed by atoms with Crippen LogP contribution in [0.25, 0.3) is 0 Å². The molecule has 1 heterocycles. The van der Waals surface area contributed by atoms with Crippen LogP contribution < -0.4 is 4.74 Å². The first kappa shape index (κ1) is 13.7. The van der Waals surface area contributed by atoms with Gasteiger partial charge in [-0.1, -0.05) is 0 Å². The molecule has 0 N–H and O–H groups in total. The van der Waals surface area contributed by atoms with Crippen LogP contribution >= 0.6 is 0 Å². The van der Waals surface area contributed by atoms with E-state index in [0.717, 1.165) is 6.20 Å². The number of rotatable bonds is 3. The van der Waals surface area contributed by atoms with Gasteiger partial charge in [0.2, 0.25) is 5.75 Å². The molecule has 0 aromatic carbocycles. The molecule has 1 aromatic rings. The fourth-order valence-electron chi connectivity index (χ4n) is 1.24. The predicted molar refractivity (Wildman–Crippen MR) is 51.6 cm³/mol. The van der Waals surface area contributed by atoms with Gasteiger partial charge >= 0.3 is 12.2 Å². The molecule has 0 saturated carbocycles. The summed E-state index contributed by atoms with van der Waals surface area (Å²) in [6.07, 6.45) is -4.30. The molecule has 9 heteroatoms. The van der Waals surface area contributed by atoms with Crippen molar-refractivity contribution in [1.29, 1.82) is 5.26 Å². The van der Waals surface area contributed by atoms with Crippen LogP contribution in [0, 0.1) is 28.4 Å². The molecule has 0 atom stereocenters. The largest absolute Gasteiger partial charge is 0.573 e. The highest BCUT2D eigenvalue weighted by atomic mass is 19.4. The van der Waals surface area contributed by atoms with E-state index < -0.39 is 22.9 Å². The second-order valence-electron chi connectivity index (χ2n) is 3.20. The van der Waals surface area contributed by atoms with Crippen LogP contribution in [0.3, 0.4) is 0 Å². The smallest absolute Gasteiger partial charge is 0.396 e. The van der Waals surface area contributed by atoms with Crippen molar-refractivity contribution in [3.63, 3.8) is 0 Å². The first-order valence-electron chi connectivity index (χ1n) is 4.52. The zero-order valence-corrected chi connectivity index (χ0v) is 8.98. The SMILES string of the molecule is Cc1c(CC#N)cnc([N+](=O)[O-])c1OC(F)(F)F. The highest BCUT2D eigenvalue weighted by Gasteiger charge is 2.36. The summed E-state index contributed by atoms with van der Waals surface area (Å²) >= 11 is 0. The lowest BCUT2D eigenvalue weighted by Gasteiger charge is -2.12. The molecule has 0 radical (unpaired) electrons. The van der Waals surface area contributed by atoms with E-state index in [4.69, 9.17) is 5.26 Å². The monoisotopic (exact) mass is 261 g/mol. The number of aromatic nitrogens is 1. The summed E-state index contributed by atoms with van der Waals surface area (Å²) in [6.45, 7) is 1.20. The van der Waals surface area contributed by atoms with E-state index in [9.17, 15) is 23.3 Å².